The minimum absolute atomic E-state index is 0.0249. The summed E-state index contributed by atoms with van der Waals surface area (Å²) in [6.45, 7) is 7.46. The molecule has 0 fully saturated rings. The van der Waals surface area contributed by atoms with Gasteiger partial charge in [0.25, 0.3) is 11.8 Å². The Hall–Kier alpha value is -4.75. The number of rotatable bonds is 10. The Kier molecular flexibility index (Phi) is 8.53. The predicted octanol–water partition coefficient (Wildman–Crippen LogP) is 5.67. The van der Waals surface area contributed by atoms with Gasteiger partial charge in [0.05, 0.1) is 9.79 Å². The third-order valence-electron chi connectivity index (χ3n) is 6.22. The standard InChI is InChI=1S/C32H28N2O4S/c1-3-23-13-17-25(18-14-23)31(35)33-21-27-9-5-7-11-29(27)39(37,38)30-12-8-6-10-28(30)22-34-32(36)26-19-15-24(4-2)16-20-26/h3-20H,1-2,21-22H2,(H,33,35)(H,34,36). The van der Waals surface area contributed by atoms with Crippen molar-refractivity contribution < 1.29 is 18.0 Å². The third-order valence-corrected chi connectivity index (χ3v) is 8.17. The molecule has 0 unspecified atom stereocenters. The highest BCUT2D eigenvalue weighted by Crippen LogP contribution is 2.27. The van der Waals surface area contributed by atoms with E-state index < -0.39 is 9.84 Å². The summed E-state index contributed by atoms with van der Waals surface area (Å²) in [7, 11) is -3.97. The number of hydrogen-bond donors (Lipinski definition) is 2. The van der Waals surface area contributed by atoms with E-state index in [2.05, 4.69) is 23.8 Å². The maximum atomic E-state index is 13.8. The van der Waals surface area contributed by atoms with Crippen molar-refractivity contribution in [2.24, 2.45) is 0 Å². The van der Waals surface area contributed by atoms with E-state index in [4.69, 9.17) is 0 Å². The summed E-state index contributed by atoms with van der Waals surface area (Å²) in [6.07, 6.45) is 3.37. The Morgan fingerprint density at radius 2 is 0.949 bits per heavy atom. The molecule has 0 atom stereocenters. The first-order valence-corrected chi connectivity index (χ1v) is 13.7. The number of amides is 2. The van der Waals surface area contributed by atoms with Gasteiger partial charge in [0.1, 0.15) is 0 Å². The second-order valence-electron chi connectivity index (χ2n) is 8.74. The molecule has 2 N–H and O–H groups in total. The average molecular weight is 537 g/mol. The van der Waals surface area contributed by atoms with Crippen molar-refractivity contribution in [3.8, 4) is 0 Å². The van der Waals surface area contributed by atoms with Gasteiger partial charge in [0.2, 0.25) is 9.84 Å². The molecule has 0 aliphatic heterocycles. The van der Waals surface area contributed by atoms with Gasteiger partial charge in [-0.25, -0.2) is 8.42 Å². The van der Waals surface area contributed by atoms with Gasteiger partial charge in [0.15, 0.2) is 0 Å². The molecule has 0 bridgehead atoms. The first-order chi connectivity index (χ1) is 18.8. The highest BCUT2D eigenvalue weighted by molar-refractivity contribution is 7.91. The minimum Gasteiger partial charge on any atom is -0.348 e. The molecule has 4 rings (SSSR count). The SMILES string of the molecule is C=Cc1ccc(C(=O)NCc2ccccc2S(=O)(=O)c2ccccc2CNC(=O)c2ccc(C=C)cc2)cc1. The lowest BCUT2D eigenvalue weighted by atomic mass is 10.1. The summed E-state index contributed by atoms with van der Waals surface area (Å²) in [5.74, 6) is -0.635. The molecule has 2 amide bonds. The molecule has 7 heteroatoms. The summed E-state index contributed by atoms with van der Waals surface area (Å²) < 4.78 is 27.6. The zero-order chi connectivity index (χ0) is 27.8. The smallest absolute Gasteiger partial charge is 0.251 e. The molecule has 0 aliphatic rings. The van der Waals surface area contributed by atoms with Crippen LogP contribution in [0, 0.1) is 0 Å². The number of carbonyl (C=O) groups is 2. The molecule has 6 nitrogen and oxygen atoms in total. The van der Waals surface area contributed by atoms with Crippen LogP contribution in [-0.2, 0) is 22.9 Å². The van der Waals surface area contributed by atoms with Gasteiger partial charge in [-0.1, -0.05) is 86.0 Å². The van der Waals surface area contributed by atoms with Crippen LogP contribution in [0.15, 0.2) is 120 Å². The van der Waals surface area contributed by atoms with Crippen LogP contribution < -0.4 is 10.6 Å². The molecule has 39 heavy (non-hydrogen) atoms. The van der Waals surface area contributed by atoms with E-state index in [0.717, 1.165) is 11.1 Å². The van der Waals surface area contributed by atoms with E-state index in [1.807, 2.05) is 0 Å². The molecule has 4 aromatic rings. The van der Waals surface area contributed by atoms with E-state index in [9.17, 15) is 18.0 Å². The lowest BCUT2D eigenvalue weighted by Crippen LogP contribution is -2.25. The lowest BCUT2D eigenvalue weighted by molar-refractivity contribution is 0.0942. The summed E-state index contributed by atoms with van der Waals surface area (Å²) in [5.41, 5.74) is 3.61. The fourth-order valence-electron chi connectivity index (χ4n) is 4.04. The van der Waals surface area contributed by atoms with Crippen LogP contribution in [0.1, 0.15) is 43.0 Å². The van der Waals surface area contributed by atoms with E-state index in [-0.39, 0.29) is 34.7 Å². The van der Waals surface area contributed by atoms with Crippen LogP contribution in [0.3, 0.4) is 0 Å². The van der Waals surface area contributed by atoms with Gasteiger partial charge < -0.3 is 10.6 Å². The average Bonchev–Trinajstić information content (AvgIpc) is 2.99. The van der Waals surface area contributed by atoms with Gasteiger partial charge in [0, 0.05) is 24.2 Å². The molecule has 0 saturated carbocycles. The maximum Gasteiger partial charge on any atom is 0.251 e. The predicted molar refractivity (Wildman–Crippen MR) is 154 cm³/mol. The number of sulfone groups is 1. The largest absolute Gasteiger partial charge is 0.348 e. The second kappa shape index (κ2) is 12.2. The highest BCUT2D eigenvalue weighted by Gasteiger charge is 2.24. The van der Waals surface area contributed by atoms with Crippen molar-refractivity contribution in [2.75, 3.05) is 0 Å². The van der Waals surface area contributed by atoms with E-state index >= 15 is 0 Å². The van der Waals surface area contributed by atoms with Crippen LogP contribution in [-0.4, -0.2) is 20.2 Å². The quantitative estimate of drug-likeness (QED) is 0.273. The third kappa shape index (κ3) is 6.40. The van der Waals surface area contributed by atoms with Crippen molar-refractivity contribution in [1.82, 2.24) is 10.6 Å². The number of benzene rings is 4. The molecule has 0 aromatic heterocycles. The molecular weight excluding hydrogens is 508 g/mol. The second-order valence-corrected chi connectivity index (χ2v) is 10.6. The summed E-state index contributed by atoms with van der Waals surface area (Å²) >= 11 is 0. The number of nitrogens with one attached hydrogen (secondary N) is 2. The van der Waals surface area contributed by atoms with Gasteiger partial charge in [-0.3, -0.25) is 9.59 Å². The maximum absolute atomic E-state index is 13.8. The van der Waals surface area contributed by atoms with Crippen molar-refractivity contribution in [3.05, 3.63) is 144 Å². The summed E-state index contributed by atoms with van der Waals surface area (Å²) in [6, 6.07) is 27.0. The van der Waals surface area contributed by atoms with Crippen LogP contribution in [0.25, 0.3) is 12.2 Å². The normalized spacial score (nSPS) is 10.9. The summed E-state index contributed by atoms with van der Waals surface area (Å²) in [4.78, 5) is 25.5. The van der Waals surface area contributed by atoms with Gasteiger partial charge in [-0.05, 0) is 58.7 Å². The molecule has 0 radical (unpaired) electrons. The lowest BCUT2D eigenvalue weighted by Gasteiger charge is -2.15. The molecule has 0 aliphatic carbocycles. The molecule has 0 saturated heterocycles. The zero-order valence-corrected chi connectivity index (χ0v) is 22.1. The summed E-state index contributed by atoms with van der Waals surface area (Å²) in [5, 5.41) is 5.61. The molecular formula is C32H28N2O4S. The monoisotopic (exact) mass is 536 g/mol. The minimum atomic E-state index is -3.97. The van der Waals surface area contributed by atoms with Crippen LogP contribution in [0.2, 0.25) is 0 Å². The van der Waals surface area contributed by atoms with E-state index in [1.54, 1.807) is 97.1 Å². The Bertz CT molecular complexity index is 1510. The highest BCUT2D eigenvalue weighted by atomic mass is 32.2. The topological polar surface area (TPSA) is 92.3 Å². The van der Waals surface area contributed by atoms with Crippen molar-refractivity contribution in [1.29, 1.82) is 0 Å². The Morgan fingerprint density at radius 3 is 1.31 bits per heavy atom. The van der Waals surface area contributed by atoms with Crippen molar-refractivity contribution in [3.63, 3.8) is 0 Å². The Balaban J connectivity index is 1.53. The van der Waals surface area contributed by atoms with Crippen molar-refractivity contribution in [2.45, 2.75) is 22.9 Å². The molecule has 4 aromatic carbocycles. The van der Waals surface area contributed by atoms with Gasteiger partial charge in [-0.2, -0.15) is 0 Å². The van der Waals surface area contributed by atoms with Crippen LogP contribution in [0.5, 0.6) is 0 Å². The molecule has 0 heterocycles. The fourth-order valence-corrected chi connectivity index (χ4v) is 5.76. The van der Waals surface area contributed by atoms with Gasteiger partial charge >= 0.3 is 0 Å². The van der Waals surface area contributed by atoms with Gasteiger partial charge in [-0.15, -0.1) is 0 Å². The molecule has 0 spiro atoms. The van der Waals surface area contributed by atoms with E-state index in [1.165, 1.54) is 12.1 Å². The first-order valence-electron chi connectivity index (χ1n) is 12.3. The Labute approximate surface area is 228 Å². The first kappa shape index (κ1) is 27.3. The zero-order valence-electron chi connectivity index (χ0n) is 21.3. The van der Waals surface area contributed by atoms with Crippen LogP contribution in [0.4, 0.5) is 0 Å². The van der Waals surface area contributed by atoms with Crippen molar-refractivity contribution >= 4 is 33.8 Å². The fraction of sp³-hybridized carbons (Fsp3) is 0.0625. The number of hydrogen-bond acceptors (Lipinski definition) is 4. The van der Waals surface area contributed by atoms with Crippen LogP contribution >= 0.6 is 0 Å². The molecule has 196 valence electrons. The Morgan fingerprint density at radius 1 is 0.590 bits per heavy atom. The number of carbonyl (C=O) groups excluding carboxylic acids is 2. The van der Waals surface area contributed by atoms with E-state index in [0.29, 0.717) is 22.3 Å².